The number of hydrogen-bond donors (Lipinski definition) is 1. The summed E-state index contributed by atoms with van der Waals surface area (Å²) in [5.41, 5.74) is 1.73. The maximum atomic E-state index is 12.8. The van der Waals surface area contributed by atoms with Gasteiger partial charge in [0, 0.05) is 38.2 Å². The number of hydrogen-bond acceptors (Lipinski definition) is 4. The van der Waals surface area contributed by atoms with Crippen LogP contribution in [0.2, 0.25) is 0 Å². The summed E-state index contributed by atoms with van der Waals surface area (Å²) in [5, 5.41) is 11.7. The first-order valence-electron chi connectivity index (χ1n) is 10.9. The zero-order valence-electron chi connectivity index (χ0n) is 18.6. The molecule has 0 unspecified atom stereocenters. The van der Waals surface area contributed by atoms with Gasteiger partial charge in [0.05, 0.1) is 11.6 Å². The van der Waals surface area contributed by atoms with Gasteiger partial charge in [-0.05, 0) is 43.2 Å². The standard InChI is InChI=1S/C24H26F3N5O/c1-16-5-3-4-6-20(16)23(33)28-17(2)22-30-29-21-11-12-31(13-14-32(21)22)15-18-7-9-19(10-8-18)24(25,26)27/h3-10,17H,11-15H2,1-2H3,(H,28,33)/t17-/m1/s1. The lowest BCUT2D eigenvalue weighted by Gasteiger charge is -2.20. The Labute approximate surface area is 190 Å². The summed E-state index contributed by atoms with van der Waals surface area (Å²) >= 11 is 0. The van der Waals surface area contributed by atoms with Gasteiger partial charge < -0.3 is 9.88 Å². The molecule has 33 heavy (non-hydrogen) atoms. The fourth-order valence-electron chi connectivity index (χ4n) is 4.09. The number of aromatic nitrogens is 3. The molecular formula is C24H26F3N5O. The zero-order valence-corrected chi connectivity index (χ0v) is 18.6. The highest BCUT2D eigenvalue weighted by Gasteiger charge is 2.30. The van der Waals surface area contributed by atoms with Crippen LogP contribution in [0, 0.1) is 6.92 Å². The van der Waals surface area contributed by atoms with Gasteiger partial charge in [-0.15, -0.1) is 10.2 Å². The van der Waals surface area contributed by atoms with Gasteiger partial charge in [-0.1, -0.05) is 30.3 Å². The van der Waals surface area contributed by atoms with Crippen LogP contribution < -0.4 is 5.32 Å². The Morgan fingerprint density at radius 3 is 2.48 bits per heavy atom. The quantitative estimate of drug-likeness (QED) is 0.625. The molecule has 1 aromatic heterocycles. The van der Waals surface area contributed by atoms with Gasteiger partial charge in [0.1, 0.15) is 5.82 Å². The van der Waals surface area contributed by atoms with Gasteiger partial charge in [0.25, 0.3) is 5.91 Å². The number of rotatable bonds is 5. The number of benzene rings is 2. The van der Waals surface area contributed by atoms with Gasteiger partial charge in [-0.25, -0.2) is 0 Å². The van der Waals surface area contributed by atoms with Crippen molar-refractivity contribution >= 4 is 5.91 Å². The van der Waals surface area contributed by atoms with E-state index in [-0.39, 0.29) is 11.9 Å². The van der Waals surface area contributed by atoms with E-state index in [2.05, 4.69) is 20.4 Å². The minimum Gasteiger partial charge on any atom is -0.342 e. The molecule has 6 nitrogen and oxygen atoms in total. The van der Waals surface area contributed by atoms with Gasteiger partial charge in [-0.3, -0.25) is 9.69 Å². The van der Waals surface area contributed by atoms with Crippen LogP contribution in [0.15, 0.2) is 48.5 Å². The Balaban J connectivity index is 1.40. The van der Waals surface area contributed by atoms with Crippen LogP contribution in [0.1, 0.15) is 51.7 Å². The van der Waals surface area contributed by atoms with Crippen molar-refractivity contribution in [2.75, 3.05) is 13.1 Å². The number of carbonyl (C=O) groups is 1. The van der Waals surface area contributed by atoms with Crippen LogP contribution in [0.3, 0.4) is 0 Å². The molecule has 2 aromatic carbocycles. The summed E-state index contributed by atoms with van der Waals surface area (Å²) in [6.45, 7) is 6.42. The summed E-state index contributed by atoms with van der Waals surface area (Å²) < 4.78 is 40.4. The van der Waals surface area contributed by atoms with Crippen molar-refractivity contribution in [2.45, 2.75) is 45.6 Å². The average Bonchev–Trinajstić information content (AvgIpc) is 3.08. The number of fused-ring (bicyclic) bond motifs is 1. The van der Waals surface area contributed by atoms with Crippen LogP contribution in [0.5, 0.6) is 0 Å². The predicted molar refractivity (Wildman–Crippen MR) is 118 cm³/mol. The largest absolute Gasteiger partial charge is 0.416 e. The molecule has 0 radical (unpaired) electrons. The van der Waals surface area contributed by atoms with E-state index in [1.165, 1.54) is 12.1 Å². The van der Waals surface area contributed by atoms with Crippen LogP contribution >= 0.6 is 0 Å². The lowest BCUT2D eigenvalue weighted by molar-refractivity contribution is -0.137. The third-order valence-electron chi connectivity index (χ3n) is 5.96. The van der Waals surface area contributed by atoms with E-state index in [9.17, 15) is 18.0 Å². The normalized spacial score (nSPS) is 15.5. The lowest BCUT2D eigenvalue weighted by Crippen LogP contribution is -2.30. The fourth-order valence-corrected chi connectivity index (χ4v) is 4.09. The first kappa shape index (κ1) is 23.0. The van der Waals surface area contributed by atoms with Gasteiger partial charge in [0.2, 0.25) is 0 Å². The minimum absolute atomic E-state index is 0.157. The summed E-state index contributed by atoms with van der Waals surface area (Å²) in [4.78, 5) is 14.9. The number of carbonyl (C=O) groups excluding carboxylic acids is 1. The minimum atomic E-state index is -4.33. The molecule has 174 valence electrons. The van der Waals surface area contributed by atoms with Crippen molar-refractivity contribution in [3.05, 3.63) is 82.4 Å². The molecule has 0 fully saturated rings. The first-order chi connectivity index (χ1) is 15.7. The van der Waals surface area contributed by atoms with Gasteiger partial charge in [0.15, 0.2) is 5.82 Å². The third-order valence-corrected chi connectivity index (χ3v) is 5.96. The van der Waals surface area contributed by atoms with E-state index >= 15 is 0 Å². The molecule has 1 atom stereocenters. The van der Waals surface area contributed by atoms with Gasteiger partial charge in [-0.2, -0.15) is 13.2 Å². The van der Waals surface area contributed by atoms with Crippen molar-refractivity contribution < 1.29 is 18.0 Å². The number of alkyl halides is 3. The van der Waals surface area contributed by atoms with Crippen molar-refractivity contribution in [2.24, 2.45) is 0 Å². The number of aryl methyl sites for hydroxylation is 1. The number of amides is 1. The monoisotopic (exact) mass is 457 g/mol. The highest BCUT2D eigenvalue weighted by atomic mass is 19.4. The highest BCUT2D eigenvalue weighted by molar-refractivity contribution is 5.95. The van der Waals surface area contributed by atoms with E-state index in [1.54, 1.807) is 6.07 Å². The second-order valence-electron chi connectivity index (χ2n) is 8.36. The average molecular weight is 458 g/mol. The topological polar surface area (TPSA) is 63.1 Å². The van der Waals surface area contributed by atoms with Crippen molar-refractivity contribution in [3.63, 3.8) is 0 Å². The Morgan fingerprint density at radius 1 is 1.06 bits per heavy atom. The zero-order chi connectivity index (χ0) is 23.6. The second-order valence-corrected chi connectivity index (χ2v) is 8.36. The molecule has 1 aliphatic heterocycles. The van der Waals surface area contributed by atoms with Crippen molar-refractivity contribution in [3.8, 4) is 0 Å². The molecule has 1 aliphatic rings. The van der Waals surface area contributed by atoms with Crippen LogP contribution in [-0.2, 0) is 25.7 Å². The van der Waals surface area contributed by atoms with Crippen LogP contribution in [0.4, 0.5) is 13.2 Å². The molecule has 4 rings (SSSR count). The summed E-state index contributed by atoms with van der Waals surface area (Å²) in [7, 11) is 0. The second kappa shape index (κ2) is 9.35. The number of halogens is 3. The Hall–Kier alpha value is -3.20. The number of nitrogens with zero attached hydrogens (tertiary/aromatic N) is 4. The number of nitrogens with one attached hydrogen (secondary N) is 1. The summed E-state index contributed by atoms with van der Waals surface area (Å²) in [6.07, 6.45) is -3.66. The maximum absolute atomic E-state index is 12.8. The van der Waals surface area contributed by atoms with Gasteiger partial charge >= 0.3 is 6.18 Å². The molecule has 0 saturated heterocycles. The van der Waals surface area contributed by atoms with E-state index in [4.69, 9.17) is 0 Å². The molecule has 9 heteroatoms. The third kappa shape index (κ3) is 5.24. The van der Waals surface area contributed by atoms with E-state index in [0.29, 0.717) is 37.4 Å². The Morgan fingerprint density at radius 2 is 1.79 bits per heavy atom. The molecule has 3 aromatic rings. The smallest absolute Gasteiger partial charge is 0.342 e. The lowest BCUT2D eigenvalue weighted by atomic mass is 10.1. The molecule has 0 saturated carbocycles. The van der Waals surface area contributed by atoms with E-state index < -0.39 is 11.7 Å². The molecule has 0 spiro atoms. The summed E-state index contributed by atoms with van der Waals surface area (Å²) in [6, 6.07) is 12.4. The Kier molecular flexibility index (Phi) is 6.51. The van der Waals surface area contributed by atoms with Crippen LogP contribution in [0.25, 0.3) is 0 Å². The molecule has 2 heterocycles. The molecule has 1 N–H and O–H groups in total. The first-order valence-corrected chi connectivity index (χ1v) is 10.9. The van der Waals surface area contributed by atoms with Crippen molar-refractivity contribution in [1.82, 2.24) is 25.0 Å². The van der Waals surface area contributed by atoms with Crippen molar-refractivity contribution in [1.29, 1.82) is 0 Å². The SMILES string of the molecule is Cc1ccccc1C(=O)N[C@H](C)c1nnc2n1CCN(Cc1ccc(C(F)(F)F)cc1)CC2. The van der Waals surface area contributed by atoms with Crippen LogP contribution in [-0.4, -0.2) is 38.7 Å². The fraction of sp³-hybridized carbons (Fsp3) is 0.375. The predicted octanol–water partition coefficient (Wildman–Crippen LogP) is 4.15. The Bertz CT molecular complexity index is 1120. The highest BCUT2D eigenvalue weighted by Crippen LogP contribution is 2.29. The summed E-state index contributed by atoms with van der Waals surface area (Å²) in [5.74, 6) is 1.38. The van der Waals surface area contributed by atoms with E-state index in [0.717, 1.165) is 35.6 Å². The molecular weight excluding hydrogens is 431 g/mol. The molecule has 1 amide bonds. The maximum Gasteiger partial charge on any atom is 0.416 e. The van der Waals surface area contributed by atoms with E-state index in [1.807, 2.05) is 36.6 Å². The molecule has 0 aliphatic carbocycles. The molecule has 0 bridgehead atoms.